The summed E-state index contributed by atoms with van der Waals surface area (Å²) < 4.78 is 3.49. The maximum Gasteiger partial charge on any atom is 0.246 e. The number of anilines is 1. The van der Waals surface area contributed by atoms with Crippen LogP contribution in [0.15, 0.2) is 67.8 Å². The first-order chi connectivity index (χ1) is 17.8. The van der Waals surface area contributed by atoms with Gasteiger partial charge in [0.25, 0.3) is 0 Å². The molecule has 9 heteroatoms. The van der Waals surface area contributed by atoms with E-state index in [-0.39, 0.29) is 12.5 Å². The van der Waals surface area contributed by atoms with E-state index >= 15 is 0 Å². The molecule has 0 spiro atoms. The molecule has 9 nitrogen and oxygen atoms in total. The summed E-state index contributed by atoms with van der Waals surface area (Å²) in [5.74, 6) is -0.0292. The number of benzene rings is 1. The van der Waals surface area contributed by atoms with Gasteiger partial charge < -0.3 is 14.9 Å². The Morgan fingerprint density at radius 2 is 1.81 bits per heavy atom. The molecule has 37 heavy (non-hydrogen) atoms. The fraction of sp³-hybridized carbons (Fsp3) is 0.286. The number of aliphatic hydroxyl groups excluding tert-OH is 1. The van der Waals surface area contributed by atoms with Crippen molar-refractivity contribution >= 4 is 17.1 Å². The maximum absolute atomic E-state index is 11.9. The summed E-state index contributed by atoms with van der Waals surface area (Å²) in [6.07, 6.45) is 8.53. The molecule has 5 rings (SSSR count). The summed E-state index contributed by atoms with van der Waals surface area (Å²) in [6, 6.07) is 12.6. The van der Waals surface area contributed by atoms with Gasteiger partial charge in [0.15, 0.2) is 0 Å². The number of nitriles is 1. The minimum absolute atomic E-state index is 0.0292. The second-order valence-electron chi connectivity index (χ2n) is 9.81. The number of pyridine rings is 1. The predicted octanol–water partition coefficient (Wildman–Crippen LogP) is 3.30. The standard InChI is InChI=1S/C28H29N7O2/c1-4-26(37)33-11-9-32(10-12-33)24-7-5-20(6-8-24)25-13-21(17-34-27(25)22(14-29)15-30-34)23-16-31-35(18-23)28(2,3)19-36/h4-8,13,15-18,36H,1,9-12,19H2,2-3H3. The number of rotatable bonds is 6. The lowest BCUT2D eigenvalue weighted by Gasteiger charge is -2.35. The van der Waals surface area contributed by atoms with Crippen LogP contribution in [0.3, 0.4) is 0 Å². The van der Waals surface area contributed by atoms with Gasteiger partial charge >= 0.3 is 0 Å². The van der Waals surface area contributed by atoms with E-state index in [1.807, 2.05) is 31.1 Å². The van der Waals surface area contributed by atoms with E-state index in [0.29, 0.717) is 18.7 Å². The third kappa shape index (κ3) is 4.47. The van der Waals surface area contributed by atoms with Gasteiger partial charge in [-0.25, -0.2) is 4.52 Å². The Morgan fingerprint density at radius 3 is 2.46 bits per heavy atom. The molecule has 1 N–H and O–H groups in total. The zero-order valence-electron chi connectivity index (χ0n) is 21.0. The highest BCUT2D eigenvalue weighted by Crippen LogP contribution is 2.33. The van der Waals surface area contributed by atoms with E-state index in [1.165, 1.54) is 6.08 Å². The first-order valence-corrected chi connectivity index (χ1v) is 12.2. The van der Waals surface area contributed by atoms with E-state index in [4.69, 9.17) is 0 Å². The average Bonchev–Trinajstić information content (AvgIpc) is 3.60. The molecule has 4 heterocycles. The van der Waals surface area contributed by atoms with Crippen molar-refractivity contribution in [1.29, 1.82) is 5.26 Å². The lowest BCUT2D eigenvalue weighted by atomic mass is 9.99. The number of piperazine rings is 1. The fourth-order valence-corrected chi connectivity index (χ4v) is 4.62. The highest BCUT2D eigenvalue weighted by molar-refractivity contribution is 5.88. The van der Waals surface area contributed by atoms with Crippen LogP contribution < -0.4 is 4.90 Å². The van der Waals surface area contributed by atoms with Crippen molar-refractivity contribution in [3.8, 4) is 28.3 Å². The first-order valence-electron chi connectivity index (χ1n) is 12.2. The highest BCUT2D eigenvalue weighted by Gasteiger charge is 2.22. The molecule has 1 aliphatic rings. The predicted molar refractivity (Wildman–Crippen MR) is 142 cm³/mol. The van der Waals surface area contributed by atoms with Crippen molar-refractivity contribution in [2.75, 3.05) is 37.7 Å². The van der Waals surface area contributed by atoms with Gasteiger partial charge in [0.2, 0.25) is 5.91 Å². The van der Waals surface area contributed by atoms with Crippen LogP contribution in [0.4, 0.5) is 5.69 Å². The Bertz CT molecular complexity index is 1500. The summed E-state index contributed by atoms with van der Waals surface area (Å²) in [5.41, 5.74) is 5.48. The number of fused-ring (bicyclic) bond motifs is 1. The monoisotopic (exact) mass is 495 g/mol. The Hall–Kier alpha value is -4.42. The van der Waals surface area contributed by atoms with Crippen molar-refractivity contribution in [1.82, 2.24) is 24.3 Å². The number of nitrogens with zero attached hydrogens (tertiary/aromatic N) is 7. The van der Waals surface area contributed by atoms with E-state index < -0.39 is 5.54 Å². The summed E-state index contributed by atoms with van der Waals surface area (Å²) in [7, 11) is 0. The quantitative estimate of drug-likeness (QED) is 0.412. The molecule has 0 radical (unpaired) electrons. The fourth-order valence-electron chi connectivity index (χ4n) is 4.62. The number of aromatic nitrogens is 4. The maximum atomic E-state index is 11.9. The summed E-state index contributed by atoms with van der Waals surface area (Å²) in [5, 5.41) is 28.3. The van der Waals surface area contributed by atoms with Crippen LogP contribution in [0.2, 0.25) is 0 Å². The summed E-state index contributed by atoms with van der Waals surface area (Å²) >= 11 is 0. The number of aliphatic hydroxyl groups is 1. The largest absolute Gasteiger partial charge is 0.394 e. The van der Waals surface area contributed by atoms with Crippen molar-refractivity contribution < 1.29 is 9.90 Å². The number of amides is 1. The summed E-state index contributed by atoms with van der Waals surface area (Å²) in [4.78, 5) is 16.0. The zero-order valence-corrected chi connectivity index (χ0v) is 21.0. The first kappa shape index (κ1) is 24.3. The SMILES string of the molecule is C=CC(=O)N1CCN(c2ccc(-c3cc(-c4cnn(C(C)(C)CO)c4)cn4ncc(C#N)c34)cc2)CC1. The molecule has 1 amide bonds. The molecule has 1 aliphatic heterocycles. The average molecular weight is 496 g/mol. The Balaban J connectivity index is 1.49. The Morgan fingerprint density at radius 1 is 1.08 bits per heavy atom. The minimum atomic E-state index is -0.523. The zero-order chi connectivity index (χ0) is 26.2. The molecule has 1 aromatic carbocycles. The van der Waals surface area contributed by atoms with E-state index in [0.717, 1.165) is 46.5 Å². The lowest BCUT2D eigenvalue weighted by Crippen LogP contribution is -2.48. The van der Waals surface area contributed by atoms with Crippen molar-refractivity contribution in [3.63, 3.8) is 0 Å². The van der Waals surface area contributed by atoms with Crippen LogP contribution in [-0.4, -0.2) is 68.1 Å². The van der Waals surface area contributed by atoms with Gasteiger partial charge in [-0.05, 0) is 43.7 Å². The number of hydrogen-bond donors (Lipinski definition) is 1. The van der Waals surface area contributed by atoms with Gasteiger partial charge in [-0.15, -0.1) is 0 Å². The summed E-state index contributed by atoms with van der Waals surface area (Å²) in [6.45, 7) is 10.2. The molecule has 1 saturated heterocycles. The molecule has 0 unspecified atom stereocenters. The normalized spacial score (nSPS) is 14.1. The minimum Gasteiger partial charge on any atom is -0.394 e. The molecular weight excluding hydrogens is 466 g/mol. The molecule has 3 aromatic heterocycles. The topological polar surface area (TPSA) is 103 Å². The van der Waals surface area contributed by atoms with Crippen LogP contribution in [0.1, 0.15) is 19.4 Å². The molecule has 0 atom stereocenters. The highest BCUT2D eigenvalue weighted by atomic mass is 16.3. The van der Waals surface area contributed by atoms with Crippen LogP contribution in [0.5, 0.6) is 0 Å². The molecular formula is C28H29N7O2. The van der Waals surface area contributed by atoms with Crippen molar-refractivity contribution in [2.24, 2.45) is 0 Å². The van der Waals surface area contributed by atoms with Gasteiger partial charge in [0.05, 0.1) is 35.6 Å². The van der Waals surface area contributed by atoms with Crippen molar-refractivity contribution in [2.45, 2.75) is 19.4 Å². The molecule has 188 valence electrons. The van der Waals surface area contributed by atoms with Crippen molar-refractivity contribution in [3.05, 3.63) is 73.3 Å². The number of hydrogen-bond acceptors (Lipinski definition) is 6. The smallest absolute Gasteiger partial charge is 0.246 e. The van der Waals surface area contributed by atoms with Crippen LogP contribution >= 0.6 is 0 Å². The Labute approximate surface area is 215 Å². The second-order valence-corrected chi connectivity index (χ2v) is 9.81. The van der Waals surface area contributed by atoms with Crippen LogP contribution in [-0.2, 0) is 10.3 Å². The molecule has 1 fully saturated rings. The van der Waals surface area contributed by atoms with Gasteiger partial charge in [-0.2, -0.15) is 15.5 Å². The molecule has 4 aromatic rings. The molecule has 0 saturated carbocycles. The third-order valence-electron chi connectivity index (χ3n) is 6.96. The number of carbonyl (C=O) groups is 1. The van der Waals surface area contributed by atoms with Gasteiger partial charge in [0, 0.05) is 61.0 Å². The third-order valence-corrected chi connectivity index (χ3v) is 6.96. The van der Waals surface area contributed by atoms with Gasteiger partial charge in [-0.3, -0.25) is 9.48 Å². The number of carbonyl (C=O) groups excluding carboxylic acids is 1. The Kier molecular flexibility index (Phi) is 6.27. The van der Waals surface area contributed by atoms with Gasteiger partial charge in [0.1, 0.15) is 6.07 Å². The van der Waals surface area contributed by atoms with E-state index in [2.05, 4.69) is 58.1 Å². The van der Waals surface area contributed by atoms with E-state index in [1.54, 1.807) is 21.6 Å². The molecule has 0 aliphatic carbocycles. The van der Waals surface area contributed by atoms with E-state index in [9.17, 15) is 15.2 Å². The van der Waals surface area contributed by atoms with Crippen LogP contribution in [0, 0.1) is 11.3 Å². The lowest BCUT2D eigenvalue weighted by molar-refractivity contribution is -0.126. The van der Waals surface area contributed by atoms with Gasteiger partial charge in [-0.1, -0.05) is 18.7 Å². The second kappa shape index (κ2) is 9.56. The van der Waals surface area contributed by atoms with Crippen LogP contribution in [0.25, 0.3) is 27.8 Å². The molecule has 0 bridgehead atoms.